The quantitative estimate of drug-likeness (QED) is 0.614. The highest BCUT2D eigenvalue weighted by Crippen LogP contribution is 2.44. The molecule has 0 spiro atoms. The Balaban J connectivity index is 2.30. The zero-order valence-corrected chi connectivity index (χ0v) is 15.7. The second-order valence-electron chi connectivity index (χ2n) is 6.44. The normalized spacial score (nSPS) is 19.1. The van der Waals surface area contributed by atoms with Gasteiger partial charge in [0, 0.05) is 12.1 Å². The van der Waals surface area contributed by atoms with Crippen molar-refractivity contribution in [3.05, 3.63) is 71.8 Å². The molecular weight excluding hydrogens is 358 g/mol. The third-order valence-corrected chi connectivity index (χ3v) is 4.70. The Hall–Kier alpha value is -3.25. The van der Waals surface area contributed by atoms with Crippen LogP contribution in [-0.2, 0) is 19.1 Å². The molecule has 0 saturated carbocycles. The maximum atomic E-state index is 13.3. The van der Waals surface area contributed by atoms with E-state index in [-0.39, 0.29) is 17.7 Å². The van der Waals surface area contributed by atoms with Gasteiger partial charge in [-0.3, -0.25) is 14.4 Å². The second-order valence-corrected chi connectivity index (χ2v) is 6.44. The van der Waals surface area contributed by atoms with Crippen LogP contribution in [0.1, 0.15) is 25.3 Å². The molecule has 0 aliphatic carbocycles. The summed E-state index contributed by atoms with van der Waals surface area (Å²) in [4.78, 5) is 39.3. The van der Waals surface area contributed by atoms with Gasteiger partial charge in [0.05, 0.1) is 18.4 Å². The molecule has 144 valence electrons. The van der Waals surface area contributed by atoms with Crippen molar-refractivity contribution < 1.29 is 24.2 Å². The fraction of sp³-hybridized carbons (Fsp3) is 0.227. The van der Waals surface area contributed by atoms with Crippen LogP contribution in [-0.4, -0.2) is 35.5 Å². The number of rotatable bonds is 6. The van der Waals surface area contributed by atoms with E-state index in [0.29, 0.717) is 11.3 Å². The van der Waals surface area contributed by atoms with Gasteiger partial charge < -0.3 is 14.7 Å². The van der Waals surface area contributed by atoms with Gasteiger partial charge >= 0.3 is 5.97 Å². The molecule has 6 nitrogen and oxygen atoms in total. The molecule has 2 aromatic carbocycles. The highest BCUT2D eigenvalue weighted by atomic mass is 16.5. The summed E-state index contributed by atoms with van der Waals surface area (Å²) < 4.78 is 4.69. The number of ether oxygens (including phenoxy) is 1. The Morgan fingerprint density at radius 1 is 1.04 bits per heavy atom. The van der Waals surface area contributed by atoms with E-state index in [1.807, 2.05) is 6.07 Å². The van der Waals surface area contributed by atoms with E-state index in [2.05, 4.69) is 0 Å². The first-order valence-electron chi connectivity index (χ1n) is 8.96. The summed E-state index contributed by atoms with van der Waals surface area (Å²) in [5, 5.41) is 11.4. The number of anilines is 1. The molecule has 6 heteroatoms. The van der Waals surface area contributed by atoms with E-state index >= 15 is 0 Å². The van der Waals surface area contributed by atoms with Crippen LogP contribution >= 0.6 is 0 Å². The Kier molecular flexibility index (Phi) is 5.42. The highest BCUT2D eigenvalue weighted by Gasteiger charge is 2.55. The number of nitrogens with zero attached hydrogens (tertiary/aromatic N) is 1. The summed E-state index contributed by atoms with van der Waals surface area (Å²) in [6, 6.07) is 17.6. The van der Waals surface area contributed by atoms with Crippen LogP contribution < -0.4 is 4.90 Å². The summed E-state index contributed by atoms with van der Waals surface area (Å²) >= 11 is 0. The molecule has 1 heterocycles. The number of esters is 1. The Morgan fingerprint density at radius 2 is 1.61 bits per heavy atom. The number of carbonyl (C=O) groups is 3. The first kappa shape index (κ1) is 19.5. The van der Waals surface area contributed by atoms with Gasteiger partial charge in [-0.1, -0.05) is 55.5 Å². The van der Waals surface area contributed by atoms with Crippen LogP contribution in [0.15, 0.2) is 66.2 Å². The van der Waals surface area contributed by atoms with Crippen molar-refractivity contribution >= 4 is 28.9 Å². The summed E-state index contributed by atoms with van der Waals surface area (Å²) in [5.41, 5.74) is -0.990. The van der Waals surface area contributed by atoms with Crippen LogP contribution in [0.3, 0.4) is 0 Å². The van der Waals surface area contributed by atoms with Crippen molar-refractivity contribution in [2.45, 2.75) is 25.5 Å². The van der Waals surface area contributed by atoms with Crippen LogP contribution in [0.4, 0.5) is 5.69 Å². The number of carbonyl (C=O) groups excluding carboxylic acids is 3. The van der Waals surface area contributed by atoms with Gasteiger partial charge in [0.15, 0.2) is 5.78 Å². The number of methoxy groups -OCH3 is 1. The lowest BCUT2D eigenvalue weighted by Gasteiger charge is -2.35. The summed E-state index contributed by atoms with van der Waals surface area (Å²) in [6.07, 6.45) is -0.512. The lowest BCUT2D eigenvalue weighted by molar-refractivity contribution is -0.151. The zero-order chi connectivity index (χ0) is 20.3. The van der Waals surface area contributed by atoms with E-state index < -0.39 is 29.7 Å². The molecular formula is C22H21NO5. The number of ketones is 2. The molecule has 0 saturated heterocycles. The van der Waals surface area contributed by atoms with Crippen LogP contribution in [0.5, 0.6) is 0 Å². The number of hydrogen-bond acceptors (Lipinski definition) is 6. The van der Waals surface area contributed by atoms with Crippen molar-refractivity contribution in [3.63, 3.8) is 0 Å². The van der Waals surface area contributed by atoms with Gasteiger partial charge in [0.1, 0.15) is 6.42 Å². The topological polar surface area (TPSA) is 83.9 Å². The lowest BCUT2D eigenvalue weighted by Crippen LogP contribution is -2.51. The highest BCUT2D eigenvalue weighted by molar-refractivity contribution is 6.33. The van der Waals surface area contributed by atoms with E-state index in [4.69, 9.17) is 4.74 Å². The molecule has 1 unspecified atom stereocenters. The number of aliphatic hydroxyl groups is 1. The van der Waals surface area contributed by atoms with Crippen LogP contribution in [0.25, 0.3) is 5.70 Å². The van der Waals surface area contributed by atoms with Gasteiger partial charge in [-0.25, -0.2) is 0 Å². The van der Waals surface area contributed by atoms with E-state index in [1.165, 1.54) is 12.0 Å². The van der Waals surface area contributed by atoms with Gasteiger partial charge in [0.2, 0.25) is 11.5 Å². The third-order valence-electron chi connectivity index (χ3n) is 4.70. The van der Waals surface area contributed by atoms with Gasteiger partial charge in [-0.05, 0) is 17.7 Å². The molecule has 0 aromatic heterocycles. The summed E-state index contributed by atoms with van der Waals surface area (Å²) in [5.74, 6) is -1.95. The molecule has 1 aliphatic rings. The number of hydrogen-bond donors (Lipinski definition) is 1. The van der Waals surface area contributed by atoms with Crippen molar-refractivity contribution in [1.29, 1.82) is 0 Å². The maximum Gasteiger partial charge on any atom is 0.310 e. The minimum atomic E-state index is -2.25. The molecule has 0 bridgehead atoms. The first-order chi connectivity index (χ1) is 13.4. The Labute approximate surface area is 163 Å². The zero-order valence-electron chi connectivity index (χ0n) is 15.7. The number of Topliss-reactive ketones (excluding diaryl/α,β-unsaturated/α-hetero) is 2. The smallest absolute Gasteiger partial charge is 0.310 e. The third kappa shape index (κ3) is 3.23. The van der Waals surface area contributed by atoms with Crippen molar-refractivity contribution in [1.82, 2.24) is 0 Å². The van der Waals surface area contributed by atoms with Crippen molar-refractivity contribution in [3.8, 4) is 0 Å². The number of benzene rings is 2. The Morgan fingerprint density at radius 3 is 2.14 bits per heavy atom. The molecule has 1 N–H and O–H groups in total. The van der Waals surface area contributed by atoms with E-state index in [0.717, 1.165) is 0 Å². The largest absolute Gasteiger partial charge is 0.469 e. The fourth-order valence-electron chi connectivity index (χ4n) is 3.36. The second kappa shape index (κ2) is 7.78. The maximum absolute atomic E-state index is 13.3. The van der Waals surface area contributed by atoms with E-state index in [1.54, 1.807) is 61.5 Å². The average molecular weight is 379 g/mol. The molecule has 2 aromatic rings. The monoisotopic (exact) mass is 379 g/mol. The predicted octanol–water partition coefficient (Wildman–Crippen LogP) is 2.72. The summed E-state index contributed by atoms with van der Waals surface area (Å²) in [6.45, 7) is 1.65. The van der Waals surface area contributed by atoms with Crippen molar-refractivity contribution in [2.24, 2.45) is 0 Å². The van der Waals surface area contributed by atoms with Crippen molar-refractivity contribution in [2.75, 3.05) is 12.0 Å². The SMILES string of the molecule is CCC(=O)C1=C(c2ccccc2)N(c2ccccc2)C(O)(CC(=O)OC)C1=O. The molecule has 0 amide bonds. The molecule has 0 fully saturated rings. The standard InChI is InChI=1S/C22H21NO5/c1-3-17(24)19-20(15-10-6-4-7-11-15)23(16-12-8-5-9-13-16)22(27,21(19)26)14-18(25)28-2/h4-13,27H,3,14H2,1-2H3. The minimum Gasteiger partial charge on any atom is -0.469 e. The molecule has 3 rings (SSSR count). The molecule has 1 aliphatic heterocycles. The minimum absolute atomic E-state index is 0.0916. The number of para-hydroxylation sites is 1. The van der Waals surface area contributed by atoms with E-state index in [9.17, 15) is 19.5 Å². The Bertz CT molecular complexity index is 936. The van der Waals surface area contributed by atoms with Gasteiger partial charge in [0.25, 0.3) is 0 Å². The fourth-order valence-corrected chi connectivity index (χ4v) is 3.36. The van der Waals surface area contributed by atoms with Gasteiger partial charge in [-0.2, -0.15) is 0 Å². The summed E-state index contributed by atoms with van der Waals surface area (Å²) in [7, 11) is 1.18. The average Bonchev–Trinajstić information content (AvgIpc) is 2.96. The molecule has 1 atom stereocenters. The van der Waals surface area contributed by atoms with Crippen LogP contribution in [0.2, 0.25) is 0 Å². The lowest BCUT2D eigenvalue weighted by atomic mass is 9.96. The first-order valence-corrected chi connectivity index (χ1v) is 8.96. The molecule has 28 heavy (non-hydrogen) atoms. The molecule has 0 radical (unpaired) electrons. The predicted molar refractivity (Wildman–Crippen MR) is 104 cm³/mol. The van der Waals surface area contributed by atoms with Crippen LogP contribution in [0, 0.1) is 0 Å². The van der Waals surface area contributed by atoms with Gasteiger partial charge in [-0.15, -0.1) is 0 Å².